The molecule has 1 aromatic heterocycles. The lowest BCUT2D eigenvalue weighted by Crippen LogP contribution is -1.66. The van der Waals surface area contributed by atoms with Crippen LogP contribution in [0.15, 0.2) is 23.0 Å². The summed E-state index contributed by atoms with van der Waals surface area (Å²) in [5.41, 5.74) is 1.38. The van der Waals surface area contributed by atoms with Gasteiger partial charge in [-0.15, -0.1) is 0 Å². The summed E-state index contributed by atoms with van der Waals surface area (Å²) >= 11 is 0. The Bertz CT molecular complexity index is 161. The lowest BCUT2D eigenvalue weighted by Gasteiger charge is -1.80. The smallest absolute Gasteiger partial charge is 0.0937 e. The third-order valence-electron chi connectivity index (χ3n) is 1.59. The molecule has 1 heterocycles. The Balaban J connectivity index is 2.28. The van der Waals surface area contributed by atoms with Crippen LogP contribution in [0.25, 0.3) is 0 Å². The molecule has 1 heteroatoms. The van der Waals surface area contributed by atoms with E-state index in [0.29, 0.717) is 0 Å². The highest BCUT2D eigenvalue weighted by Gasteiger charge is 2.23. The Labute approximate surface area is 48.3 Å². The zero-order chi connectivity index (χ0) is 5.40. The van der Waals surface area contributed by atoms with Crippen LogP contribution in [0.2, 0.25) is 0 Å². The molecule has 0 unspecified atom stereocenters. The first-order valence-electron chi connectivity index (χ1n) is 2.99. The van der Waals surface area contributed by atoms with Crippen molar-refractivity contribution in [3.8, 4) is 0 Å². The fraction of sp³-hybridized carbons (Fsp3) is 0.429. The molecule has 0 saturated heterocycles. The van der Waals surface area contributed by atoms with Crippen molar-refractivity contribution >= 4 is 0 Å². The molecular formula is C7H8O. The molecule has 0 bridgehead atoms. The maximum Gasteiger partial charge on any atom is 0.0937 e. The maximum atomic E-state index is 4.92. The molecule has 2 rings (SSSR count). The van der Waals surface area contributed by atoms with E-state index >= 15 is 0 Å². The van der Waals surface area contributed by atoms with Crippen LogP contribution < -0.4 is 0 Å². The molecule has 0 atom stereocenters. The van der Waals surface area contributed by atoms with Gasteiger partial charge in [-0.05, 0) is 30.4 Å². The molecule has 8 heavy (non-hydrogen) atoms. The van der Waals surface area contributed by atoms with Crippen LogP contribution in [-0.4, -0.2) is 0 Å². The van der Waals surface area contributed by atoms with E-state index in [2.05, 4.69) is 6.07 Å². The molecule has 1 fully saturated rings. The van der Waals surface area contributed by atoms with E-state index in [9.17, 15) is 0 Å². The Kier molecular flexibility index (Phi) is 0.720. The van der Waals surface area contributed by atoms with Crippen LogP contribution in [0.1, 0.15) is 24.3 Å². The number of hydrogen-bond donors (Lipinski definition) is 0. The molecule has 1 saturated carbocycles. The summed E-state index contributed by atoms with van der Waals surface area (Å²) in [5, 5.41) is 0. The highest BCUT2D eigenvalue weighted by Crippen LogP contribution is 2.39. The second-order valence-corrected chi connectivity index (χ2v) is 2.33. The minimum absolute atomic E-state index is 0.841. The van der Waals surface area contributed by atoms with Crippen molar-refractivity contribution in [2.75, 3.05) is 0 Å². The monoisotopic (exact) mass is 108 g/mol. The second kappa shape index (κ2) is 1.38. The summed E-state index contributed by atoms with van der Waals surface area (Å²) in [5.74, 6) is 0.841. The zero-order valence-electron chi connectivity index (χ0n) is 4.63. The van der Waals surface area contributed by atoms with Crippen molar-refractivity contribution in [2.24, 2.45) is 0 Å². The minimum atomic E-state index is 0.841. The normalized spacial score (nSPS) is 19.0. The molecule has 0 spiro atoms. The largest absolute Gasteiger partial charge is 0.472 e. The fourth-order valence-electron chi connectivity index (χ4n) is 0.924. The van der Waals surface area contributed by atoms with Gasteiger partial charge in [-0.2, -0.15) is 0 Å². The van der Waals surface area contributed by atoms with E-state index in [1.165, 1.54) is 18.4 Å². The van der Waals surface area contributed by atoms with E-state index in [-0.39, 0.29) is 0 Å². The first-order valence-corrected chi connectivity index (χ1v) is 2.99. The molecule has 0 amide bonds. The van der Waals surface area contributed by atoms with Crippen molar-refractivity contribution in [2.45, 2.75) is 18.8 Å². The van der Waals surface area contributed by atoms with Gasteiger partial charge in [-0.3, -0.25) is 0 Å². The molecule has 0 aromatic carbocycles. The van der Waals surface area contributed by atoms with Crippen molar-refractivity contribution in [1.29, 1.82) is 0 Å². The maximum absolute atomic E-state index is 4.92. The van der Waals surface area contributed by atoms with Crippen LogP contribution in [0.5, 0.6) is 0 Å². The molecule has 1 aliphatic rings. The van der Waals surface area contributed by atoms with Crippen molar-refractivity contribution in [3.05, 3.63) is 24.2 Å². The van der Waals surface area contributed by atoms with Crippen molar-refractivity contribution in [1.82, 2.24) is 0 Å². The van der Waals surface area contributed by atoms with Crippen molar-refractivity contribution < 1.29 is 4.42 Å². The SMILES string of the molecule is c1cc(C2CC2)co1. The summed E-state index contributed by atoms with van der Waals surface area (Å²) < 4.78 is 4.92. The van der Waals surface area contributed by atoms with E-state index < -0.39 is 0 Å². The van der Waals surface area contributed by atoms with Crippen LogP contribution in [0.3, 0.4) is 0 Å². The van der Waals surface area contributed by atoms with Gasteiger partial charge in [0.15, 0.2) is 0 Å². The predicted octanol–water partition coefficient (Wildman–Crippen LogP) is 2.16. The van der Waals surface area contributed by atoms with Gasteiger partial charge < -0.3 is 4.42 Å². The van der Waals surface area contributed by atoms with E-state index in [0.717, 1.165) is 5.92 Å². The standard InChI is InChI=1S/C7H8O/c1-2-6(1)7-3-4-8-5-7/h3-6H,1-2H2. The van der Waals surface area contributed by atoms with Crippen LogP contribution >= 0.6 is 0 Å². The van der Waals surface area contributed by atoms with Gasteiger partial charge in [0.1, 0.15) is 0 Å². The predicted molar refractivity (Wildman–Crippen MR) is 30.7 cm³/mol. The Hall–Kier alpha value is -0.720. The average molecular weight is 108 g/mol. The lowest BCUT2D eigenvalue weighted by atomic mass is 10.2. The van der Waals surface area contributed by atoms with Crippen LogP contribution in [0, 0.1) is 0 Å². The zero-order valence-corrected chi connectivity index (χ0v) is 4.63. The lowest BCUT2D eigenvalue weighted by molar-refractivity contribution is 0.564. The number of furan rings is 1. The Morgan fingerprint density at radius 2 is 2.38 bits per heavy atom. The molecular weight excluding hydrogens is 100 g/mol. The minimum Gasteiger partial charge on any atom is -0.472 e. The van der Waals surface area contributed by atoms with Gasteiger partial charge in [0, 0.05) is 0 Å². The fourth-order valence-corrected chi connectivity index (χ4v) is 0.924. The Morgan fingerprint density at radius 1 is 1.50 bits per heavy atom. The quantitative estimate of drug-likeness (QED) is 0.537. The van der Waals surface area contributed by atoms with E-state index in [4.69, 9.17) is 4.42 Å². The molecule has 1 nitrogen and oxygen atoms in total. The number of hydrogen-bond acceptors (Lipinski definition) is 1. The topological polar surface area (TPSA) is 13.1 Å². The number of rotatable bonds is 1. The van der Waals surface area contributed by atoms with E-state index in [1.54, 1.807) is 6.26 Å². The van der Waals surface area contributed by atoms with Crippen LogP contribution in [0.4, 0.5) is 0 Å². The van der Waals surface area contributed by atoms with Gasteiger partial charge in [0.25, 0.3) is 0 Å². The van der Waals surface area contributed by atoms with Gasteiger partial charge in [-0.25, -0.2) is 0 Å². The molecule has 0 radical (unpaired) electrons. The van der Waals surface area contributed by atoms with Gasteiger partial charge in [-0.1, -0.05) is 0 Å². The molecule has 0 N–H and O–H groups in total. The Morgan fingerprint density at radius 3 is 2.88 bits per heavy atom. The average Bonchev–Trinajstić information content (AvgIpc) is 2.49. The first kappa shape index (κ1) is 4.19. The van der Waals surface area contributed by atoms with E-state index in [1.807, 2.05) is 6.26 Å². The summed E-state index contributed by atoms with van der Waals surface area (Å²) in [6.07, 6.45) is 6.31. The third kappa shape index (κ3) is 0.548. The summed E-state index contributed by atoms with van der Waals surface area (Å²) in [6.45, 7) is 0. The highest BCUT2D eigenvalue weighted by molar-refractivity contribution is 5.17. The molecule has 42 valence electrons. The summed E-state index contributed by atoms with van der Waals surface area (Å²) in [7, 11) is 0. The summed E-state index contributed by atoms with van der Waals surface area (Å²) in [4.78, 5) is 0. The van der Waals surface area contributed by atoms with Crippen LogP contribution in [-0.2, 0) is 0 Å². The van der Waals surface area contributed by atoms with Gasteiger partial charge in [0.05, 0.1) is 12.5 Å². The van der Waals surface area contributed by atoms with Crippen molar-refractivity contribution in [3.63, 3.8) is 0 Å². The summed E-state index contributed by atoms with van der Waals surface area (Å²) in [6, 6.07) is 2.05. The molecule has 0 aliphatic heterocycles. The third-order valence-corrected chi connectivity index (χ3v) is 1.59. The molecule has 1 aliphatic carbocycles. The highest BCUT2D eigenvalue weighted by atomic mass is 16.3. The molecule has 1 aromatic rings. The van der Waals surface area contributed by atoms with Gasteiger partial charge in [0.2, 0.25) is 0 Å². The second-order valence-electron chi connectivity index (χ2n) is 2.33. The van der Waals surface area contributed by atoms with Gasteiger partial charge >= 0.3 is 0 Å². The first-order chi connectivity index (χ1) is 3.97.